The number of nitrogens with zero attached hydrogens (tertiary/aromatic N) is 5. The summed E-state index contributed by atoms with van der Waals surface area (Å²) in [5.41, 5.74) is -1.35. The van der Waals surface area contributed by atoms with Gasteiger partial charge in [-0.2, -0.15) is 18.3 Å². The van der Waals surface area contributed by atoms with Crippen molar-refractivity contribution < 1.29 is 18.0 Å². The van der Waals surface area contributed by atoms with Crippen LogP contribution in [0.1, 0.15) is 34.9 Å². The predicted octanol–water partition coefficient (Wildman–Crippen LogP) is 4.22. The van der Waals surface area contributed by atoms with E-state index >= 15 is 0 Å². The van der Waals surface area contributed by atoms with E-state index in [4.69, 9.17) is 11.6 Å². The summed E-state index contributed by atoms with van der Waals surface area (Å²) in [4.78, 5) is 18.4. The minimum Gasteiger partial charge on any atom is -0.338 e. The van der Waals surface area contributed by atoms with Gasteiger partial charge in [0.1, 0.15) is 0 Å². The van der Waals surface area contributed by atoms with Crippen molar-refractivity contribution in [3.63, 3.8) is 0 Å². The number of hydrogen-bond donors (Lipinski definition) is 0. The Balaban J connectivity index is 1.60. The van der Waals surface area contributed by atoms with Crippen molar-refractivity contribution >= 4 is 17.5 Å². The number of aromatic nitrogens is 4. The van der Waals surface area contributed by atoms with Crippen molar-refractivity contribution in [2.24, 2.45) is 0 Å². The number of alkyl halides is 3. The molecule has 3 heterocycles. The molecule has 0 unspecified atom stereocenters. The summed E-state index contributed by atoms with van der Waals surface area (Å²) in [6.07, 6.45) is 2.78. The Labute approximate surface area is 169 Å². The van der Waals surface area contributed by atoms with Crippen LogP contribution in [0.4, 0.5) is 13.2 Å². The third-order valence-electron chi connectivity index (χ3n) is 5.04. The highest BCUT2D eigenvalue weighted by molar-refractivity contribution is 6.30. The first-order valence-electron chi connectivity index (χ1n) is 9.02. The molecule has 0 radical (unpaired) electrons. The summed E-state index contributed by atoms with van der Waals surface area (Å²) in [6, 6.07) is 5.98. The van der Waals surface area contributed by atoms with Crippen LogP contribution in [0.25, 0.3) is 5.69 Å². The van der Waals surface area contributed by atoms with Crippen molar-refractivity contribution in [3.05, 3.63) is 65.5 Å². The van der Waals surface area contributed by atoms with E-state index in [1.54, 1.807) is 12.5 Å². The molecular weight excluding hydrogens is 407 g/mol. The first-order chi connectivity index (χ1) is 13.8. The van der Waals surface area contributed by atoms with E-state index in [1.165, 1.54) is 29.2 Å². The molecule has 3 aromatic rings. The fourth-order valence-corrected chi connectivity index (χ4v) is 3.70. The molecule has 10 heteroatoms. The van der Waals surface area contributed by atoms with E-state index in [2.05, 4.69) is 10.1 Å². The van der Waals surface area contributed by atoms with Gasteiger partial charge in [-0.15, -0.1) is 0 Å². The van der Waals surface area contributed by atoms with Gasteiger partial charge in [-0.05, 0) is 37.1 Å². The van der Waals surface area contributed by atoms with Crippen molar-refractivity contribution in [2.45, 2.75) is 25.1 Å². The summed E-state index contributed by atoms with van der Waals surface area (Å²) in [5, 5.41) is 4.24. The number of rotatable bonds is 3. The Bertz CT molecular complexity index is 990. The molecule has 2 aromatic heterocycles. The molecule has 1 amide bonds. The standard InChI is InChI=1S/C19H17ClF3N5O/c20-13-1-3-15(4-2-13)28-17(19(21,22)23)16(11-25-28)18(29)26-8-5-14(6-9-26)27-10-7-24-12-27/h1-4,7,10-12,14H,5-6,8-9H2. The van der Waals surface area contributed by atoms with Crippen molar-refractivity contribution in [1.29, 1.82) is 0 Å². The molecule has 1 saturated heterocycles. The van der Waals surface area contributed by atoms with E-state index in [9.17, 15) is 18.0 Å². The van der Waals surface area contributed by atoms with Crippen LogP contribution in [0.3, 0.4) is 0 Å². The Morgan fingerprint density at radius 2 is 1.83 bits per heavy atom. The van der Waals surface area contributed by atoms with Crippen LogP contribution in [-0.2, 0) is 6.18 Å². The zero-order valence-corrected chi connectivity index (χ0v) is 15.9. The van der Waals surface area contributed by atoms with Crippen molar-refractivity contribution in [2.75, 3.05) is 13.1 Å². The lowest BCUT2D eigenvalue weighted by Crippen LogP contribution is -2.39. The summed E-state index contributed by atoms with van der Waals surface area (Å²) in [6.45, 7) is 0.732. The number of benzene rings is 1. The van der Waals surface area contributed by atoms with Gasteiger partial charge < -0.3 is 9.47 Å². The number of halogens is 4. The topological polar surface area (TPSA) is 56.0 Å². The molecule has 0 saturated carbocycles. The number of carbonyl (C=O) groups excluding carboxylic acids is 1. The molecule has 4 rings (SSSR count). The van der Waals surface area contributed by atoms with Gasteiger partial charge in [0.15, 0.2) is 5.69 Å². The van der Waals surface area contributed by atoms with Gasteiger partial charge in [-0.25, -0.2) is 9.67 Å². The van der Waals surface area contributed by atoms with Crippen LogP contribution in [0.2, 0.25) is 5.02 Å². The summed E-state index contributed by atoms with van der Waals surface area (Å²) >= 11 is 5.82. The fraction of sp³-hybridized carbons (Fsp3) is 0.316. The molecule has 1 fully saturated rings. The fourth-order valence-electron chi connectivity index (χ4n) is 3.58. The minimum atomic E-state index is -4.74. The second-order valence-corrected chi connectivity index (χ2v) is 7.26. The maximum absolute atomic E-state index is 13.8. The third kappa shape index (κ3) is 3.87. The van der Waals surface area contributed by atoms with Gasteiger partial charge in [0.2, 0.25) is 0 Å². The normalized spacial score (nSPS) is 15.7. The first-order valence-corrected chi connectivity index (χ1v) is 9.40. The average molecular weight is 424 g/mol. The van der Waals surface area contributed by atoms with Crippen LogP contribution < -0.4 is 0 Å². The van der Waals surface area contributed by atoms with E-state index in [-0.39, 0.29) is 11.7 Å². The average Bonchev–Trinajstić information content (AvgIpc) is 3.38. The molecule has 29 heavy (non-hydrogen) atoms. The largest absolute Gasteiger partial charge is 0.434 e. The zero-order valence-electron chi connectivity index (χ0n) is 15.2. The number of hydrogen-bond acceptors (Lipinski definition) is 3. The van der Waals surface area contributed by atoms with E-state index in [0.29, 0.717) is 31.0 Å². The molecule has 0 aliphatic carbocycles. The van der Waals surface area contributed by atoms with Gasteiger partial charge in [0, 0.05) is 36.5 Å². The van der Waals surface area contributed by atoms with Crippen molar-refractivity contribution in [1.82, 2.24) is 24.2 Å². The SMILES string of the molecule is O=C(c1cnn(-c2ccc(Cl)cc2)c1C(F)(F)F)N1CCC(n2ccnc2)CC1. The monoisotopic (exact) mass is 423 g/mol. The Kier molecular flexibility index (Phi) is 5.08. The van der Waals surface area contributed by atoms with Crippen LogP contribution in [0.15, 0.2) is 49.2 Å². The third-order valence-corrected chi connectivity index (χ3v) is 5.29. The molecule has 1 aliphatic rings. The second kappa shape index (κ2) is 7.55. The highest BCUT2D eigenvalue weighted by Gasteiger charge is 2.41. The van der Waals surface area contributed by atoms with Gasteiger partial charge in [-0.1, -0.05) is 11.6 Å². The van der Waals surface area contributed by atoms with E-state index < -0.39 is 23.3 Å². The van der Waals surface area contributed by atoms with Crippen LogP contribution in [-0.4, -0.2) is 43.2 Å². The lowest BCUT2D eigenvalue weighted by atomic mass is 10.0. The smallest absolute Gasteiger partial charge is 0.338 e. The van der Waals surface area contributed by atoms with Crippen LogP contribution in [0, 0.1) is 0 Å². The highest BCUT2D eigenvalue weighted by atomic mass is 35.5. The van der Waals surface area contributed by atoms with Gasteiger partial charge in [-0.3, -0.25) is 4.79 Å². The van der Waals surface area contributed by atoms with Crippen LogP contribution >= 0.6 is 11.6 Å². The molecule has 6 nitrogen and oxygen atoms in total. The molecule has 0 spiro atoms. The summed E-state index contributed by atoms with van der Waals surface area (Å²) in [7, 11) is 0. The number of amides is 1. The molecule has 0 N–H and O–H groups in total. The minimum absolute atomic E-state index is 0.180. The predicted molar refractivity (Wildman–Crippen MR) is 100.0 cm³/mol. The molecule has 0 atom stereocenters. The molecular formula is C19H17ClF3N5O. The second-order valence-electron chi connectivity index (χ2n) is 6.83. The number of imidazole rings is 1. The van der Waals surface area contributed by atoms with Gasteiger partial charge in [0.25, 0.3) is 5.91 Å². The van der Waals surface area contributed by atoms with Crippen molar-refractivity contribution in [3.8, 4) is 5.69 Å². The Morgan fingerprint density at radius 3 is 2.41 bits per heavy atom. The quantitative estimate of drug-likeness (QED) is 0.634. The Morgan fingerprint density at radius 1 is 1.14 bits per heavy atom. The lowest BCUT2D eigenvalue weighted by Gasteiger charge is -2.32. The summed E-state index contributed by atoms with van der Waals surface area (Å²) in [5.74, 6) is -0.665. The highest BCUT2D eigenvalue weighted by Crippen LogP contribution is 2.35. The van der Waals surface area contributed by atoms with E-state index in [1.807, 2.05) is 10.8 Å². The number of carbonyl (C=O) groups is 1. The molecule has 152 valence electrons. The van der Waals surface area contributed by atoms with Gasteiger partial charge >= 0.3 is 6.18 Å². The number of likely N-dealkylation sites (tertiary alicyclic amines) is 1. The zero-order chi connectivity index (χ0) is 20.6. The molecule has 1 aliphatic heterocycles. The maximum atomic E-state index is 13.8. The Hall–Kier alpha value is -2.81. The van der Waals surface area contributed by atoms with Gasteiger partial charge in [0.05, 0.1) is 23.8 Å². The maximum Gasteiger partial charge on any atom is 0.434 e. The lowest BCUT2D eigenvalue weighted by molar-refractivity contribution is -0.143. The van der Waals surface area contributed by atoms with Crippen LogP contribution in [0.5, 0.6) is 0 Å². The molecule has 1 aromatic carbocycles. The molecule has 0 bridgehead atoms. The van der Waals surface area contributed by atoms with E-state index in [0.717, 1.165) is 10.9 Å². The first kappa shape index (κ1) is 19.5. The summed E-state index contributed by atoms with van der Waals surface area (Å²) < 4.78 is 44.1. The number of piperidine rings is 1.